The Morgan fingerprint density at radius 1 is 1.03 bits per heavy atom. The smallest absolute Gasteiger partial charge is 0.227 e. The number of nitrogens with zero attached hydrogens (tertiary/aromatic N) is 3. The van der Waals surface area contributed by atoms with E-state index in [1.807, 2.05) is 54.6 Å². The largest absolute Gasteiger partial charge is 0.494 e. The molecule has 4 aromatic rings. The van der Waals surface area contributed by atoms with Crippen LogP contribution in [-0.2, 0) is 17.8 Å². The molecule has 6 heteroatoms. The maximum atomic E-state index is 12.9. The number of anilines is 1. The summed E-state index contributed by atoms with van der Waals surface area (Å²) in [4.78, 5) is 19.6. The van der Waals surface area contributed by atoms with Crippen molar-refractivity contribution in [2.75, 3.05) is 18.1 Å². The second-order valence-electron chi connectivity index (χ2n) is 8.67. The number of para-hydroxylation sites is 3. The predicted molar refractivity (Wildman–Crippen MR) is 137 cm³/mol. The van der Waals surface area contributed by atoms with Crippen molar-refractivity contribution in [3.8, 4) is 5.75 Å². The molecule has 1 amide bonds. The number of benzene rings is 3. The average Bonchev–Trinajstić information content (AvgIpc) is 3.43. The number of fused-ring (bicyclic) bond motifs is 1. The van der Waals surface area contributed by atoms with Gasteiger partial charge in [0.15, 0.2) is 0 Å². The highest BCUT2D eigenvalue weighted by Crippen LogP contribution is 2.36. The summed E-state index contributed by atoms with van der Waals surface area (Å²) in [5, 5.41) is 0.592. The standard InChI is InChI=1S/C28H28ClN3O2/c1-2-20-12-14-22(15-13-20)34-17-7-16-31-26-11-6-4-9-24(26)30-28(31)21-18-27(33)32(19-21)25-10-5-3-8-23(25)29/h3-6,8-15,21H,2,7,16-19H2,1H3/t21-/m1/s1. The van der Waals surface area contributed by atoms with Crippen LogP contribution in [0.25, 0.3) is 11.0 Å². The van der Waals surface area contributed by atoms with E-state index in [0.29, 0.717) is 24.6 Å². The van der Waals surface area contributed by atoms with Crippen LogP contribution in [0.1, 0.15) is 37.1 Å². The number of imidazole rings is 1. The molecule has 1 fully saturated rings. The highest BCUT2D eigenvalue weighted by molar-refractivity contribution is 6.33. The summed E-state index contributed by atoms with van der Waals surface area (Å²) in [6, 6.07) is 24.0. The molecule has 174 valence electrons. The third kappa shape index (κ3) is 4.53. The lowest BCUT2D eigenvalue weighted by atomic mass is 10.1. The zero-order chi connectivity index (χ0) is 23.5. The van der Waals surface area contributed by atoms with E-state index in [1.165, 1.54) is 5.56 Å². The summed E-state index contributed by atoms with van der Waals surface area (Å²) < 4.78 is 8.23. The van der Waals surface area contributed by atoms with Gasteiger partial charge in [0, 0.05) is 25.4 Å². The van der Waals surface area contributed by atoms with E-state index in [4.69, 9.17) is 21.3 Å². The van der Waals surface area contributed by atoms with Gasteiger partial charge in [0.05, 0.1) is 28.4 Å². The summed E-state index contributed by atoms with van der Waals surface area (Å²) in [6.07, 6.45) is 2.29. The number of hydrogen-bond donors (Lipinski definition) is 0. The normalized spacial score (nSPS) is 15.9. The Labute approximate surface area is 204 Å². The van der Waals surface area contributed by atoms with Gasteiger partial charge in [-0.2, -0.15) is 0 Å². The van der Waals surface area contributed by atoms with Gasteiger partial charge in [-0.1, -0.05) is 54.9 Å². The third-order valence-corrected chi connectivity index (χ3v) is 6.76. The van der Waals surface area contributed by atoms with E-state index in [2.05, 4.69) is 29.7 Å². The van der Waals surface area contributed by atoms with E-state index in [1.54, 1.807) is 4.90 Å². The van der Waals surface area contributed by atoms with Crippen molar-refractivity contribution in [2.45, 2.75) is 38.6 Å². The molecule has 5 nitrogen and oxygen atoms in total. The van der Waals surface area contributed by atoms with E-state index >= 15 is 0 Å². The summed E-state index contributed by atoms with van der Waals surface area (Å²) in [6.45, 7) is 4.12. The van der Waals surface area contributed by atoms with Crippen LogP contribution in [0.2, 0.25) is 5.02 Å². The molecule has 0 saturated carbocycles. The summed E-state index contributed by atoms with van der Waals surface area (Å²) in [5.74, 6) is 1.94. The summed E-state index contributed by atoms with van der Waals surface area (Å²) >= 11 is 6.38. The SMILES string of the molecule is CCc1ccc(OCCCn2c([C@@H]3CC(=O)N(c4ccccc4Cl)C3)nc3ccccc32)cc1. The van der Waals surface area contributed by atoms with Gasteiger partial charge in [0.2, 0.25) is 5.91 Å². The van der Waals surface area contributed by atoms with Crippen LogP contribution < -0.4 is 9.64 Å². The van der Waals surface area contributed by atoms with Gasteiger partial charge < -0.3 is 14.2 Å². The number of rotatable bonds is 8. The molecule has 1 aromatic heterocycles. The first kappa shape index (κ1) is 22.5. The molecule has 34 heavy (non-hydrogen) atoms. The van der Waals surface area contributed by atoms with Crippen molar-refractivity contribution in [3.05, 3.63) is 89.2 Å². The highest BCUT2D eigenvalue weighted by atomic mass is 35.5. The number of ether oxygens (including phenoxy) is 1. The number of hydrogen-bond acceptors (Lipinski definition) is 3. The van der Waals surface area contributed by atoms with Crippen molar-refractivity contribution in [2.24, 2.45) is 0 Å². The van der Waals surface area contributed by atoms with Crippen molar-refractivity contribution >= 4 is 34.2 Å². The second-order valence-corrected chi connectivity index (χ2v) is 9.07. The first-order valence-corrected chi connectivity index (χ1v) is 12.2. The van der Waals surface area contributed by atoms with Crippen molar-refractivity contribution in [1.82, 2.24) is 9.55 Å². The maximum absolute atomic E-state index is 12.9. The number of halogens is 1. The molecule has 0 bridgehead atoms. The van der Waals surface area contributed by atoms with Gasteiger partial charge in [-0.3, -0.25) is 4.79 Å². The van der Waals surface area contributed by atoms with Gasteiger partial charge in [-0.25, -0.2) is 4.98 Å². The van der Waals surface area contributed by atoms with Gasteiger partial charge in [0.25, 0.3) is 0 Å². The Kier molecular flexibility index (Phi) is 6.54. The van der Waals surface area contributed by atoms with Crippen molar-refractivity contribution in [3.63, 3.8) is 0 Å². The molecule has 0 N–H and O–H groups in total. The maximum Gasteiger partial charge on any atom is 0.227 e. The van der Waals surface area contributed by atoms with Crippen LogP contribution in [-0.4, -0.2) is 28.6 Å². The number of carbonyl (C=O) groups excluding carboxylic acids is 1. The Morgan fingerprint density at radius 2 is 1.79 bits per heavy atom. The molecule has 5 rings (SSSR count). The fourth-order valence-corrected chi connectivity index (χ4v) is 4.90. The quantitative estimate of drug-likeness (QED) is 0.284. The molecule has 0 unspecified atom stereocenters. The molecule has 1 aliphatic heterocycles. The predicted octanol–water partition coefficient (Wildman–Crippen LogP) is 6.24. The van der Waals surface area contributed by atoms with E-state index in [-0.39, 0.29) is 11.8 Å². The monoisotopic (exact) mass is 473 g/mol. The Balaban J connectivity index is 1.33. The van der Waals surface area contributed by atoms with Crippen molar-refractivity contribution < 1.29 is 9.53 Å². The molecule has 0 radical (unpaired) electrons. The average molecular weight is 474 g/mol. The van der Waals surface area contributed by atoms with Crippen LogP contribution >= 0.6 is 11.6 Å². The summed E-state index contributed by atoms with van der Waals surface area (Å²) in [5.41, 5.74) is 4.12. The fraction of sp³-hybridized carbons (Fsp3) is 0.286. The van der Waals surface area contributed by atoms with Gasteiger partial charge in [0.1, 0.15) is 11.6 Å². The molecule has 1 aliphatic rings. The van der Waals surface area contributed by atoms with E-state index in [0.717, 1.165) is 47.7 Å². The number of amides is 1. The lowest BCUT2D eigenvalue weighted by Crippen LogP contribution is -2.24. The van der Waals surface area contributed by atoms with Gasteiger partial charge >= 0.3 is 0 Å². The number of carbonyl (C=O) groups is 1. The minimum absolute atomic E-state index is 0.0127. The Hall–Kier alpha value is -3.31. The highest BCUT2D eigenvalue weighted by Gasteiger charge is 2.35. The molecular formula is C28H28ClN3O2. The first-order chi connectivity index (χ1) is 16.6. The minimum atomic E-state index is 0.0127. The fourth-order valence-electron chi connectivity index (χ4n) is 4.66. The molecule has 2 heterocycles. The minimum Gasteiger partial charge on any atom is -0.494 e. The molecular weight excluding hydrogens is 446 g/mol. The van der Waals surface area contributed by atoms with Crippen LogP contribution in [0.15, 0.2) is 72.8 Å². The van der Waals surface area contributed by atoms with E-state index < -0.39 is 0 Å². The Morgan fingerprint density at radius 3 is 2.59 bits per heavy atom. The second kappa shape index (κ2) is 9.90. The first-order valence-electron chi connectivity index (χ1n) is 11.9. The van der Waals surface area contributed by atoms with Crippen LogP contribution in [0.3, 0.4) is 0 Å². The van der Waals surface area contributed by atoms with Crippen LogP contribution in [0.4, 0.5) is 5.69 Å². The molecule has 3 aromatic carbocycles. The molecule has 1 saturated heterocycles. The molecule has 1 atom stereocenters. The third-order valence-electron chi connectivity index (χ3n) is 6.44. The topological polar surface area (TPSA) is 47.4 Å². The van der Waals surface area contributed by atoms with E-state index in [9.17, 15) is 4.79 Å². The summed E-state index contributed by atoms with van der Waals surface area (Å²) in [7, 11) is 0. The zero-order valence-corrected chi connectivity index (χ0v) is 20.0. The number of aromatic nitrogens is 2. The van der Waals surface area contributed by atoms with Crippen LogP contribution in [0, 0.1) is 0 Å². The lowest BCUT2D eigenvalue weighted by Gasteiger charge is -2.18. The molecule has 0 aliphatic carbocycles. The zero-order valence-electron chi connectivity index (χ0n) is 19.3. The van der Waals surface area contributed by atoms with Gasteiger partial charge in [-0.15, -0.1) is 0 Å². The number of aryl methyl sites for hydroxylation is 2. The Bertz CT molecular complexity index is 1300. The van der Waals surface area contributed by atoms with Crippen molar-refractivity contribution in [1.29, 1.82) is 0 Å². The molecule has 0 spiro atoms. The van der Waals surface area contributed by atoms with Crippen LogP contribution in [0.5, 0.6) is 5.75 Å². The lowest BCUT2D eigenvalue weighted by molar-refractivity contribution is -0.117. The van der Waals surface area contributed by atoms with Gasteiger partial charge in [-0.05, 0) is 54.8 Å².